The highest BCUT2D eigenvalue weighted by atomic mass is 16.6. The van der Waals surface area contributed by atoms with Crippen LogP contribution in [0, 0.1) is 27.2 Å². The molecular weight excluding hydrogens is 474 g/mol. The maximum atomic E-state index is 12.7. The topological polar surface area (TPSA) is 194 Å². The number of carboxylic acids is 1. The number of nitrogens with zero attached hydrogens (tertiary/aromatic N) is 2. The molecule has 0 bridgehead atoms. The van der Waals surface area contributed by atoms with Gasteiger partial charge in [0.15, 0.2) is 5.69 Å². The molecule has 0 spiro atoms. The van der Waals surface area contributed by atoms with E-state index in [4.69, 9.17) is 5.11 Å². The Morgan fingerprint density at radius 2 is 1.33 bits per heavy atom. The maximum absolute atomic E-state index is 12.7. The van der Waals surface area contributed by atoms with Crippen LogP contribution in [0.15, 0.2) is 60.7 Å². The summed E-state index contributed by atoms with van der Waals surface area (Å²) in [5, 5.41) is 39.4. The molecular formula is C23H19N5O8. The fraction of sp³-hybridized carbons (Fsp3) is 0.0870. The largest absolute Gasteiger partial charge is 0.480 e. The lowest BCUT2D eigenvalue weighted by Gasteiger charge is -2.11. The number of hydrogen-bond acceptors (Lipinski definition) is 8. The third kappa shape index (κ3) is 6.17. The normalized spacial score (nSPS) is 10.2. The zero-order valence-electron chi connectivity index (χ0n) is 18.7. The molecule has 4 N–H and O–H groups in total. The van der Waals surface area contributed by atoms with Crippen molar-refractivity contribution in [3.63, 3.8) is 0 Å². The van der Waals surface area contributed by atoms with E-state index in [1.54, 1.807) is 24.3 Å². The van der Waals surface area contributed by atoms with Crippen LogP contribution in [-0.4, -0.2) is 39.3 Å². The summed E-state index contributed by atoms with van der Waals surface area (Å²) in [7, 11) is 0. The predicted molar refractivity (Wildman–Crippen MR) is 129 cm³/mol. The Morgan fingerprint density at radius 1 is 0.806 bits per heavy atom. The molecule has 0 aliphatic rings. The number of rotatable bonds is 9. The summed E-state index contributed by atoms with van der Waals surface area (Å²) in [6.45, 7) is 1.27. The van der Waals surface area contributed by atoms with Crippen molar-refractivity contribution in [3.8, 4) is 0 Å². The molecule has 3 rings (SSSR count). The number of hydrogen-bond donors (Lipinski definition) is 4. The van der Waals surface area contributed by atoms with Gasteiger partial charge in [-0.25, -0.2) is 0 Å². The van der Waals surface area contributed by atoms with Crippen LogP contribution in [0.3, 0.4) is 0 Å². The summed E-state index contributed by atoms with van der Waals surface area (Å²) in [6, 6.07) is 13.9. The molecule has 0 saturated heterocycles. The summed E-state index contributed by atoms with van der Waals surface area (Å²) < 4.78 is 0. The lowest BCUT2D eigenvalue weighted by molar-refractivity contribution is -0.392. The van der Waals surface area contributed by atoms with E-state index in [9.17, 15) is 34.6 Å². The first kappa shape index (κ1) is 25.3. The van der Waals surface area contributed by atoms with Crippen molar-refractivity contribution in [1.82, 2.24) is 5.32 Å². The van der Waals surface area contributed by atoms with Crippen molar-refractivity contribution in [2.45, 2.75) is 6.92 Å². The van der Waals surface area contributed by atoms with E-state index in [2.05, 4.69) is 16.0 Å². The molecule has 13 nitrogen and oxygen atoms in total. The lowest BCUT2D eigenvalue weighted by atomic mass is 10.1. The van der Waals surface area contributed by atoms with Crippen molar-refractivity contribution < 1.29 is 29.3 Å². The second kappa shape index (κ2) is 10.7. The van der Waals surface area contributed by atoms with Crippen LogP contribution >= 0.6 is 0 Å². The minimum Gasteiger partial charge on any atom is -0.480 e. The van der Waals surface area contributed by atoms with E-state index in [0.717, 1.165) is 17.7 Å². The Bertz CT molecular complexity index is 1320. The number of carbonyl (C=O) groups is 3. The van der Waals surface area contributed by atoms with Crippen LogP contribution in [0.1, 0.15) is 26.3 Å². The Balaban J connectivity index is 1.87. The molecule has 184 valence electrons. The van der Waals surface area contributed by atoms with Crippen LogP contribution in [0.25, 0.3) is 0 Å². The minimum absolute atomic E-state index is 0.132. The van der Waals surface area contributed by atoms with Crippen molar-refractivity contribution in [1.29, 1.82) is 0 Å². The zero-order valence-corrected chi connectivity index (χ0v) is 18.7. The van der Waals surface area contributed by atoms with Gasteiger partial charge in [0.25, 0.3) is 11.8 Å². The van der Waals surface area contributed by atoms with Gasteiger partial charge in [-0.15, -0.1) is 0 Å². The van der Waals surface area contributed by atoms with E-state index >= 15 is 0 Å². The smallest absolute Gasteiger partial charge is 0.322 e. The third-order valence-electron chi connectivity index (χ3n) is 4.88. The van der Waals surface area contributed by atoms with Crippen LogP contribution in [0.4, 0.5) is 28.4 Å². The van der Waals surface area contributed by atoms with Crippen molar-refractivity contribution >= 4 is 46.2 Å². The van der Waals surface area contributed by atoms with Gasteiger partial charge in [-0.05, 0) is 43.3 Å². The van der Waals surface area contributed by atoms with Gasteiger partial charge >= 0.3 is 17.3 Å². The molecule has 3 aromatic rings. The average molecular weight is 493 g/mol. The molecule has 0 radical (unpaired) electrons. The van der Waals surface area contributed by atoms with E-state index in [1.165, 1.54) is 24.3 Å². The van der Waals surface area contributed by atoms with Crippen LogP contribution in [-0.2, 0) is 4.79 Å². The van der Waals surface area contributed by atoms with Gasteiger partial charge < -0.3 is 21.1 Å². The molecule has 36 heavy (non-hydrogen) atoms. The van der Waals surface area contributed by atoms with Crippen LogP contribution in [0.5, 0.6) is 0 Å². The second-order valence-electron chi connectivity index (χ2n) is 7.50. The molecule has 0 atom stereocenters. The molecule has 0 unspecified atom stereocenters. The SMILES string of the molecule is Cc1ccc(Nc2c([N+](=O)[O-])cc(C(=O)Nc3ccc(C(=O)NCC(=O)O)cc3)cc2[N+](=O)[O-])cc1. The highest BCUT2D eigenvalue weighted by Gasteiger charge is 2.29. The number of aryl methyl sites for hydroxylation is 1. The summed E-state index contributed by atoms with van der Waals surface area (Å²) in [4.78, 5) is 56.9. The van der Waals surface area contributed by atoms with E-state index in [-0.39, 0.29) is 22.5 Å². The quantitative estimate of drug-likeness (QED) is 0.254. The Morgan fingerprint density at radius 3 is 1.83 bits per heavy atom. The maximum Gasteiger partial charge on any atom is 0.322 e. The summed E-state index contributed by atoms with van der Waals surface area (Å²) in [5.41, 5.74) is -0.398. The average Bonchev–Trinajstić information content (AvgIpc) is 2.84. The summed E-state index contributed by atoms with van der Waals surface area (Å²) in [5.74, 6) is -2.71. The van der Waals surface area contributed by atoms with Crippen molar-refractivity contribution in [3.05, 3.63) is 97.6 Å². The highest BCUT2D eigenvalue weighted by Crippen LogP contribution is 2.38. The first-order valence-electron chi connectivity index (χ1n) is 10.3. The molecule has 13 heteroatoms. The fourth-order valence-corrected chi connectivity index (χ4v) is 3.11. The number of nitro groups is 2. The first-order chi connectivity index (χ1) is 17.0. The van der Waals surface area contributed by atoms with Crippen LogP contribution < -0.4 is 16.0 Å². The van der Waals surface area contributed by atoms with E-state index in [0.29, 0.717) is 5.69 Å². The van der Waals surface area contributed by atoms with Gasteiger partial charge in [0, 0.05) is 29.1 Å². The number of carbonyl (C=O) groups excluding carboxylic acids is 2. The number of nitro benzene ring substituents is 2. The number of benzene rings is 3. The second-order valence-corrected chi connectivity index (χ2v) is 7.50. The predicted octanol–water partition coefficient (Wildman–Crippen LogP) is 3.62. The third-order valence-corrected chi connectivity index (χ3v) is 4.88. The summed E-state index contributed by atoms with van der Waals surface area (Å²) in [6.07, 6.45) is 0. The van der Waals surface area contributed by atoms with E-state index < -0.39 is 45.5 Å². The monoisotopic (exact) mass is 493 g/mol. The summed E-state index contributed by atoms with van der Waals surface area (Å²) >= 11 is 0. The number of amides is 2. The Hall–Kier alpha value is -5.33. The minimum atomic E-state index is -1.21. The molecule has 2 amide bonds. The van der Waals surface area contributed by atoms with E-state index in [1.807, 2.05) is 6.92 Å². The Labute approximate surface area is 203 Å². The van der Waals surface area contributed by atoms with Gasteiger partial charge in [0.1, 0.15) is 6.54 Å². The molecule has 0 aliphatic carbocycles. The number of carboxylic acid groups (broad SMARTS) is 1. The van der Waals surface area contributed by atoms with Crippen molar-refractivity contribution in [2.75, 3.05) is 17.2 Å². The highest BCUT2D eigenvalue weighted by molar-refractivity contribution is 6.06. The standard InChI is InChI=1S/C23H19N5O8/c1-13-2-6-16(7-3-13)25-21-18(27(33)34)10-15(11-19(21)28(35)36)23(32)26-17-8-4-14(5-9-17)22(31)24-12-20(29)30/h2-11,25H,12H2,1H3,(H,24,31)(H,26,32)(H,29,30). The van der Waals surface area contributed by atoms with Gasteiger partial charge in [-0.2, -0.15) is 0 Å². The number of nitrogens with one attached hydrogen (secondary N) is 3. The lowest BCUT2D eigenvalue weighted by Crippen LogP contribution is -2.29. The van der Waals surface area contributed by atoms with Gasteiger partial charge in [-0.1, -0.05) is 17.7 Å². The van der Waals surface area contributed by atoms with Gasteiger partial charge in [0.05, 0.1) is 15.4 Å². The molecule has 0 saturated carbocycles. The zero-order chi connectivity index (χ0) is 26.4. The first-order valence-corrected chi connectivity index (χ1v) is 10.3. The molecule has 3 aromatic carbocycles. The number of anilines is 3. The molecule has 0 aromatic heterocycles. The Kier molecular flexibility index (Phi) is 7.54. The van der Waals surface area contributed by atoms with Crippen molar-refractivity contribution in [2.24, 2.45) is 0 Å². The van der Waals surface area contributed by atoms with Crippen LogP contribution in [0.2, 0.25) is 0 Å². The van der Waals surface area contributed by atoms with Gasteiger partial charge in [0.2, 0.25) is 0 Å². The molecule has 0 heterocycles. The molecule has 0 fully saturated rings. The fourth-order valence-electron chi connectivity index (χ4n) is 3.11. The van der Waals surface area contributed by atoms with Gasteiger partial charge in [-0.3, -0.25) is 34.6 Å². The molecule has 0 aliphatic heterocycles. The number of aliphatic carboxylic acids is 1.